The number of benzene rings is 7. The van der Waals surface area contributed by atoms with Gasteiger partial charge in [0, 0.05) is 54.6 Å². The van der Waals surface area contributed by atoms with Gasteiger partial charge in [0.05, 0.1) is 11.4 Å². The SMILES string of the molecule is CC1(C)c2ccccc2N2c3c(cccc31)B1c3c(cc4c(oc5ccccc54)c32)-c2cccc3c4ccc5ccccc5c4n1c23. The van der Waals surface area contributed by atoms with Crippen molar-refractivity contribution in [3.63, 3.8) is 0 Å². The summed E-state index contributed by atoms with van der Waals surface area (Å²) < 4.78 is 9.63. The monoisotopic (exact) mass is 598 g/mol. The van der Waals surface area contributed by atoms with Gasteiger partial charge < -0.3 is 13.8 Å². The normalized spacial score (nSPS) is 15.1. The van der Waals surface area contributed by atoms with Crippen molar-refractivity contribution in [2.75, 3.05) is 4.90 Å². The minimum Gasteiger partial charge on any atom is -0.454 e. The van der Waals surface area contributed by atoms with Crippen molar-refractivity contribution in [1.29, 1.82) is 0 Å². The second kappa shape index (κ2) is 7.97. The fraction of sp³-hybridized carbons (Fsp3) is 0.0698. The van der Waals surface area contributed by atoms with E-state index in [1.165, 1.54) is 88.2 Å². The van der Waals surface area contributed by atoms with Crippen LogP contribution in [0.2, 0.25) is 0 Å². The van der Waals surface area contributed by atoms with Crippen LogP contribution in [0.1, 0.15) is 25.0 Å². The van der Waals surface area contributed by atoms with E-state index >= 15 is 0 Å². The Hall–Kier alpha value is -5.74. The zero-order chi connectivity index (χ0) is 30.8. The second-order valence-electron chi connectivity index (χ2n) is 14.0. The van der Waals surface area contributed by atoms with Crippen molar-refractivity contribution in [2.45, 2.75) is 19.3 Å². The summed E-state index contributed by atoms with van der Waals surface area (Å²) in [6, 6.07) is 47.3. The van der Waals surface area contributed by atoms with Crippen molar-refractivity contribution in [3.8, 4) is 11.1 Å². The molecular weight excluding hydrogens is 571 g/mol. The largest absolute Gasteiger partial charge is 0.454 e. The van der Waals surface area contributed by atoms with Crippen LogP contribution in [0, 0.1) is 0 Å². The summed E-state index contributed by atoms with van der Waals surface area (Å²) >= 11 is 0. The lowest BCUT2D eigenvalue weighted by molar-refractivity contribution is 0.631. The summed E-state index contributed by atoms with van der Waals surface area (Å²) in [5, 5.41) is 7.50. The van der Waals surface area contributed by atoms with Crippen LogP contribution in [0.15, 0.2) is 132 Å². The summed E-state index contributed by atoms with van der Waals surface area (Å²) in [6.07, 6.45) is 0. The fourth-order valence-corrected chi connectivity index (χ4v) is 9.57. The lowest BCUT2D eigenvalue weighted by Crippen LogP contribution is -2.58. The van der Waals surface area contributed by atoms with Gasteiger partial charge in [-0.1, -0.05) is 123 Å². The van der Waals surface area contributed by atoms with E-state index in [2.05, 4.69) is 151 Å². The number of hydrogen-bond donors (Lipinski definition) is 0. The molecule has 0 aliphatic carbocycles. The van der Waals surface area contributed by atoms with E-state index in [9.17, 15) is 0 Å². The summed E-state index contributed by atoms with van der Waals surface area (Å²) in [5.74, 6) is 0. The van der Waals surface area contributed by atoms with Crippen LogP contribution in [0.5, 0.6) is 0 Å². The molecular formula is C43H27BN2O. The van der Waals surface area contributed by atoms with Gasteiger partial charge in [0.15, 0.2) is 5.58 Å². The first-order chi connectivity index (χ1) is 23.1. The number of anilines is 3. The Balaban J connectivity index is 1.37. The molecule has 7 aromatic carbocycles. The van der Waals surface area contributed by atoms with Crippen LogP contribution in [0.4, 0.5) is 17.1 Å². The Labute approximate surface area is 271 Å². The maximum Gasteiger partial charge on any atom is 0.333 e. The average molecular weight is 599 g/mol. The molecule has 9 aromatic rings. The molecule has 0 saturated carbocycles. The first kappa shape index (κ1) is 24.5. The molecule has 0 atom stereocenters. The maximum atomic E-state index is 6.95. The number of nitrogens with zero attached hydrogens (tertiary/aromatic N) is 2. The third-order valence-corrected chi connectivity index (χ3v) is 11.5. The molecule has 0 N–H and O–H groups in total. The van der Waals surface area contributed by atoms with E-state index in [1.54, 1.807) is 0 Å². The molecule has 218 valence electrons. The molecule has 3 nitrogen and oxygen atoms in total. The highest BCUT2D eigenvalue weighted by Crippen LogP contribution is 2.56. The highest BCUT2D eigenvalue weighted by Gasteiger charge is 2.49. The lowest BCUT2D eigenvalue weighted by atomic mass is 9.44. The molecule has 3 aliphatic rings. The molecule has 0 fully saturated rings. The molecule has 0 saturated heterocycles. The third-order valence-electron chi connectivity index (χ3n) is 11.5. The minimum absolute atomic E-state index is 0.0226. The van der Waals surface area contributed by atoms with Crippen molar-refractivity contribution in [3.05, 3.63) is 139 Å². The van der Waals surface area contributed by atoms with Gasteiger partial charge in [-0.3, -0.25) is 0 Å². The van der Waals surface area contributed by atoms with Crippen molar-refractivity contribution in [1.82, 2.24) is 4.48 Å². The zero-order valence-corrected chi connectivity index (χ0v) is 26.0. The Bertz CT molecular complexity index is 2910. The quantitative estimate of drug-likeness (QED) is 0.162. The van der Waals surface area contributed by atoms with Crippen LogP contribution in [0.25, 0.3) is 65.6 Å². The van der Waals surface area contributed by atoms with E-state index in [1.807, 2.05) is 0 Å². The molecule has 0 bridgehead atoms. The molecule has 4 heteroatoms. The summed E-state index contributed by atoms with van der Waals surface area (Å²) in [6.45, 7) is 4.74. The van der Waals surface area contributed by atoms with Gasteiger partial charge in [0.2, 0.25) is 0 Å². The maximum absolute atomic E-state index is 6.95. The number of para-hydroxylation sites is 4. The van der Waals surface area contributed by atoms with Gasteiger partial charge in [-0.25, -0.2) is 0 Å². The topological polar surface area (TPSA) is 21.3 Å². The van der Waals surface area contributed by atoms with Crippen LogP contribution in [0.3, 0.4) is 0 Å². The van der Waals surface area contributed by atoms with Crippen LogP contribution in [-0.2, 0) is 5.41 Å². The van der Waals surface area contributed by atoms with E-state index in [0.29, 0.717) is 0 Å². The molecule has 5 heterocycles. The predicted octanol–water partition coefficient (Wildman–Crippen LogP) is 9.90. The Morgan fingerprint density at radius 3 is 2.26 bits per heavy atom. The molecule has 2 aromatic heterocycles. The van der Waals surface area contributed by atoms with Crippen LogP contribution >= 0.6 is 0 Å². The van der Waals surface area contributed by atoms with Crippen LogP contribution in [-0.4, -0.2) is 11.3 Å². The standard InChI is InChI=1S/C43H27BN2O/c1-43(2)32-16-6-7-19-35(32)45-40-33(43)17-10-18-34(40)44-37-30(23-31-26-13-5-8-20-36(26)47-42(31)41(37)45)28-15-9-14-27-29-22-21-24-11-3-4-12-25(24)38(29)46(44)39(27)28/h3-23H,1-2H3. The molecule has 3 aliphatic heterocycles. The van der Waals surface area contributed by atoms with Crippen LogP contribution < -0.4 is 15.8 Å². The summed E-state index contributed by atoms with van der Waals surface area (Å²) in [4.78, 5) is 2.56. The van der Waals surface area contributed by atoms with Gasteiger partial charge in [0.25, 0.3) is 0 Å². The number of fused-ring (bicyclic) bond motifs is 15. The molecule has 0 amide bonds. The van der Waals surface area contributed by atoms with Gasteiger partial charge in [-0.05, 0) is 51.2 Å². The van der Waals surface area contributed by atoms with E-state index < -0.39 is 0 Å². The first-order valence-electron chi connectivity index (χ1n) is 16.6. The fourth-order valence-electron chi connectivity index (χ4n) is 9.57. The minimum atomic E-state index is -0.173. The summed E-state index contributed by atoms with van der Waals surface area (Å²) in [7, 11) is 0. The van der Waals surface area contributed by atoms with E-state index in [-0.39, 0.29) is 12.3 Å². The number of hydrogen-bond acceptors (Lipinski definition) is 2. The van der Waals surface area contributed by atoms with Crippen molar-refractivity contribution >= 4 is 89.4 Å². The highest BCUT2D eigenvalue weighted by atomic mass is 16.3. The molecule has 0 spiro atoms. The molecule has 0 unspecified atom stereocenters. The molecule has 0 radical (unpaired) electrons. The number of rotatable bonds is 0. The number of aromatic nitrogens is 1. The Kier molecular flexibility index (Phi) is 4.15. The Morgan fingerprint density at radius 1 is 0.574 bits per heavy atom. The number of furan rings is 1. The van der Waals surface area contributed by atoms with E-state index in [4.69, 9.17) is 4.42 Å². The third kappa shape index (κ3) is 2.68. The zero-order valence-electron chi connectivity index (χ0n) is 26.0. The predicted molar refractivity (Wildman–Crippen MR) is 197 cm³/mol. The highest BCUT2D eigenvalue weighted by molar-refractivity contribution is 6.90. The smallest absolute Gasteiger partial charge is 0.333 e. The van der Waals surface area contributed by atoms with Gasteiger partial charge in [-0.15, -0.1) is 0 Å². The first-order valence-corrected chi connectivity index (χ1v) is 16.6. The van der Waals surface area contributed by atoms with Crippen molar-refractivity contribution in [2.24, 2.45) is 0 Å². The average Bonchev–Trinajstić information content (AvgIpc) is 3.66. The van der Waals surface area contributed by atoms with Gasteiger partial charge >= 0.3 is 6.85 Å². The molecule has 47 heavy (non-hydrogen) atoms. The van der Waals surface area contributed by atoms with Gasteiger partial charge in [0.1, 0.15) is 5.58 Å². The lowest BCUT2D eigenvalue weighted by Gasteiger charge is -2.48. The molecule has 12 rings (SSSR count). The Morgan fingerprint density at radius 2 is 1.32 bits per heavy atom. The van der Waals surface area contributed by atoms with Crippen molar-refractivity contribution < 1.29 is 4.42 Å². The summed E-state index contributed by atoms with van der Waals surface area (Å²) in [5.41, 5.74) is 16.0. The van der Waals surface area contributed by atoms with Gasteiger partial charge in [-0.2, -0.15) is 0 Å². The second-order valence-corrected chi connectivity index (χ2v) is 14.0. The van der Waals surface area contributed by atoms with E-state index in [0.717, 1.165) is 16.6 Å².